The summed E-state index contributed by atoms with van der Waals surface area (Å²) in [5.41, 5.74) is -0.0617. The summed E-state index contributed by atoms with van der Waals surface area (Å²) in [6, 6.07) is 0. The van der Waals surface area contributed by atoms with Crippen molar-refractivity contribution in [2.24, 2.45) is 5.92 Å². The Hall–Kier alpha value is -1.20. The van der Waals surface area contributed by atoms with Crippen molar-refractivity contribution in [2.75, 3.05) is 13.7 Å². The minimum Gasteiger partial charge on any atom is -0.492 e. The van der Waals surface area contributed by atoms with Crippen LogP contribution in [-0.2, 0) is 4.74 Å². The molecule has 2 rings (SSSR count). The molecule has 5 heteroatoms. The van der Waals surface area contributed by atoms with Crippen molar-refractivity contribution < 1.29 is 14.9 Å². The monoisotopic (exact) mass is 268 g/mol. The zero-order valence-corrected chi connectivity index (χ0v) is 11.9. The molecule has 0 amide bonds. The van der Waals surface area contributed by atoms with Crippen LogP contribution in [0.2, 0.25) is 0 Å². The maximum Gasteiger partial charge on any atom is 0.139 e. The number of nitrogens with zero attached hydrogens (tertiary/aromatic N) is 1. The third-order valence-electron chi connectivity index (χ3n) is 3.99. The van der Waals surface area contributed by atoms with E-state index in [-0.39, 0.29) is 17.8 Å². The van der Waals surface area contributed by atoms with E-state index in [0.29, 0.717) is 6.42 Å². The van der Waals surface area contributed by atoms with Gasteiger partial charge in [-0.05, 0) is 13.3 Å². The molecule has 4 atom stereocenters. The molecule has 0 aromatic rings. The smallest absolute Gasteiger partial charge is 0.139 e. The molecule has 2 aliphatic heterocycles. The van der Waals surface area contributed by atoms with Crippen molar-refractivity contribution in [1.82, 2.24) is 10.2 Å². The fraction of sp³-hybridized carbons (Fsp3) is 0.714. The minimum atomic E-state index is -1.18. The van der Waals surface area contributed by atoms with Gasteiger partial charge in [0.25, 0.3) is 0 Å². The number of ether oxygens (including phenoxy) is 1. The second-order valence-corrected chi connectivity index (χ2v) is 5.78. The molecule has 0 aliphatic carbocycles. The number of nitrogens with one attached hydrogen (secondary N) is 1. The molecule has 19 heavy (non-hydrogen) atoms. The summed E-state index contributed by atoms with van der Waals surface area (Å²) in [5.74, 6) is 0.423. The summed E-state index contributed by atoms with van der Waals surface area (Å²) in [6.45, 7) is 8.23. The molecule has 5 nitrogen and oxygen atoms in total. The molecule has 0 bridgehead atoms. The zero-order chi connectivity index (χ0) is 14.2. The van der Waals surface area contributed by atoms with Crippen LogP contribution in [-0.4, -0.2) is 46.6 Å². The summed E-state index contributed by atoms with van der Waals surface area (Å²) in [6.07, 6.45) is 2.18. The van der Waals surface area contributed by atoms with E-state index < -0.39 is 11.7 Å². The van der Waals surface area contributed by atoms with E-state index in [1.165, 1.54) is 0 Å². The Labute approximate surface area is 114 Å². The second kappa shape index (κ2) is 5.06. The number of rotatable bonds is 3. The van der Waals surface area contributed by atoms with Gasteiger partial charge in [0.1, 0.15) is 18.0 Å². The van der Waals surface area contributed by atoms with Crippen LogP contribution in [0.4, 0.5) is 0 Å². The highest BCUT2D eigenvalue weighted by atomic mass is 16.5. The first-order valence-electron chi connectivity index (χ1n) is 6.77. The lowest BCUT2D eigenvalue weighted by Crippen LogP contribution is -2.51. The van der Waals surface area contributed by atoms with Gasteiger partial charge in [-0.2, -0.15) is 0 Å². The number of hydrogen-bond acceptors (Lipinski definition) is 5. The SMILES string of the molecule is C=C1OC(C(CC)C2=CN(C)CN2)CC(C)(O)C1O. The van der Waals surface area contributed by atoms with Crippen molar-refractivity contribution in [1.29, 1.82) is 0 Å². The zero-order valence-electron chi connectivity index (χ0n) is 11.9. The van der Waals surface area contributed by atoms with Crippen molar-refractivity contribution >= 4 is 0 Å². The highest BCUT2D eigenvalue weighted by Gasteiger charge is 2.44. The first kappa shape index (κ1) is 14.2. The Morgan fingerprint density at radius 1 is 1.68 bits per heavy atom. The maximum atomic E-state index is 10.3. The molecular weight excluding hydrogens is 244 g/mol. The summed E-state index contributed by atoms with van der Waals surface area (Å²) in [4.78, 5) is 2.07. The second-order valence-electron chi connectivity index (χ2n) is 5.78. The van der Waals surface area contributed by atoms with Gasteiger partial charge in [0.15, 0.2) is 0 Å². The van der Waals surface area contributed by atoms with Gasteiger partial charge < -0.3 is 25.2 Å². The van der Waals surface area contributed by atoms with Gasteiger partial charge in [0.05, 0.1) is 12.3 Å². The maximum absolute atomic E-state index is 10.3. The third-order valence-corrected chi connectivity index (χ3v) is 3.99. The van der Waals surface area contributed by atoms with E-state index in [1.54, 1.807) is 6.92 Å². The third kappa shape index (κ3) is 2.72. The lowest BCUT2D eigenvalue weighted by Gasteiger charge is -2.42. The minimum absolute atomic E-state index is 0.166. The molecular formula is C14H24N2O3. The standard InChI is InChI=1S/C14H24N2O3/c1-5-10(11-7-16(4)8-15-11)12-6-14(3,18)13(17)9(2)19-12/h7,10,12-13,15,17-18H,2,5-6,8H2,1,3-4H3. The van der Waals surface area contributed by atoms with Crippen molar-refractivity contribution in [3.05, 3.63) is 24.2 Å². The molecule has 0 radical (unpaired) electrons. The molecule has 2 heterocycles. The van der Waals surface area contributed by atoms with Gasteiger partial charge in [0.2, 0.25) is 0 Å². The molecule has 0 spiro atoms. The van der Waals surface area contributed by atoms with E-state index in [9.17, 15) is 10.2 Å². The number of hydrogen-bond donors (Lipinski definition) is 3. The van der Waals surface area contributed by atoms with Crippen LogP contribution in [0, 0.1) is 5.92 Å². The van der Waals surface area contributed by atoms with Gasteiger partial charge in [-0.15, -0.1) is 0 Å². The van der Waals surface area contributed by atoms with Crippen molar-refractivity contribution in [3.63, 3.8) is 0 Å². The fourth-order valence-electron chi connectivity index (χ4n) is 2.85. The van der Waals surface area contributed by atoms with Crippen LogP contribution >= 0.6 is 0 Å². The summed E-state index contributed by atoms with van der Waals surface area (Å²) in [7, 11) is 2.01. The average Bonchev–Trinajstić information content (AvgIpc) is 2.73. The fourth-order valence-corrected chi connectivity index (χ4v) is 2.85. The normalized spacial score (nSPS) is 36.6. The average molecular weight is 268 g/mol. The molecule has 0 aromatic carbocycles. The van der Waals surface area contributed by atoms with Gasteiger partial charge in [-0.3, -0.25) is 0 Å². The Kier molecular flexibility index (Phi) is 3.78. The lowest BCUT2D eigenvalue weighted by atomic mass is 9.82. The number of aliphatic hydroxyl groups excluding tert-OH is 1. The number of aliphatic hydroxyl groups is 2. The molecule has 0 aromatic heterocycles. The molecule has 1 fully saturated rings. The van der Waals surface area contributed by atoms with Crippen LogP contribution in [0.15, 0.2) is 24.2 Å². The first-order chi connectivity index (χ1) is 8.85. The molecule has 1 saturated heterocycles. The molecule has 0 saturated carbocycles. The Morgan fingerprint density at radius 2 is 2.37 bits per heavy atom. The Balaban J connectivity index is 2.16. The van der Waals surface area contributed by atoms with Crippen LogP contribution in [0.5, 0.6) is 0 Å². The van der Waals surface area contributed by atoms with E-state index in [0.717, 1.165) is 18.8 Å². The molecule has 2 aliphatic rings. The summed E-state index contributed by atoms with van der Waals surface area (Å²) < 4.78 is 5.73. The quantitative estimate of drug-likeness (QED) is 0.705. The Bertz CT molecular complexity index is 392. The van der Waals surface area contributed by atoms with Crippen LogP contribution < -0.4 is 5.32 Å². The molecule has 4 unspecified atom stereocenters. The van der Waals surface area contributed by atoms with E-state index >= 15 is 0 Å². The predicted molar refractivity (Wildman–Crippen MR) is 72.9 cm³/mol. The lowest BCUT2D eigenvalue weighted by molar-refractivity contribution is -0.143. The van der Waals surface area contributed by atoms with Gasteiger partial charge in [0, 0.05) is 31.3 Å². The van der Waals surface area contributed by atoms with Crippen LogP contribution in [0.1, 0.15) is 26.7 Å². The Morgan fingerprint density at radius 3 is 2.84 bits per heavy atom. The van der Waals surface area contributed by atoms with Crippen molar-refractivity contribution in [3.8, 4) is 0 Å². The highest BCUT2D eigenvalue weighted by Crippen LogP contribution is 2.37. The summed E-state index contributed by atoms with van der Waals surface area (Å²) in [5, 5.41) is 23.5. The van der Waals surface area contributed by atoms with E-state index in [1.807, 2.05) is 7.05 Å². The van der Waals surface area contributed by atoms with Crippen LogP contribution in [0.25, 0.3) is 0 Å². The molecule has 108 valence electrons. The predicted octanol–water partition coefficient (Wildman–Crippen LogP) is 0.761. The van der Waals surface area contributed by atoms with E-state index in [2.05, 4.69) is 29.9 Å². The largest absolute Gasteiger partial charge is 0.492 e. The highest BCUT2D eigenvalue weighted by molar-refractivity contribution is 5.15. The van der Waals surface area contributed by atoms with Crippen molar-refractivity contribution in [2.45, 2.75) is 44.5 Å². The summed E-state index contributed by atoms with van der Waals surface area (Å²) >= 11 is 0. The first-order valence-corrected chi connectivity index (χ1v) is 6.77. The van der Waals surface area contributed by atoms with Gasteiger partial charge in [-0.1, -0.05) is 13.5 Å². The van der Waals surface area contributed by atoms with E-state index in [4.69, 9.17) is 4.74 Å². The van der Waals surface area contributed by atoms with Gasteiger partial charge >= 0.3 is 0 Å². The van der Waals surface area contributed by atoms with Gasteiger partial charge in [-0.25, -0.2) is 0 Å². The van der Waals surface area contributed by atoms with Crippen LogP contribution in [0.3, 0.4) is 0 Å². The topological polar surface area (TPSA) is 65.0 Å². The molecule has 3 N–H and O–H groups in total.